The summed E-state index contributed by atoms with van der Waals surface area (Å²) < 4.78 is 7.34. The molecule has 21 heavy (non-hydrogen) atoms. The van der Waals surface area contributed by atoms with Gasteiger partial charge in [-0.05, 0) is 6.07 Å². The fourth-order valence-electron chi connectivity index (χ4n) is 2.60. The Labute approximate surface area is 120 Å². The largest absolute Gasteiger partial charge is 0.392 e. The van der Waals surface area contributed by atoms with Crippen molar-refractivity contribution < 1.29 is 14.9 Å². The molecule has 0 spiro atoms. The molecule has 8 nitrogen and oxygen atoms in total. The zero-order chi connectivity index (χ0) is 15.0. The van der Waals surface area contributed by atoms with E-state index in [4.69, 9.17) is 10.00 Å². The number of nitrogens with one attached hydrogen (secondary N) is 1. The predicted molar refractivity (Wildman–Crippen MR) is 73.3 cm³/mol. The van der Waals surface area contributed by atoms with Crippen molar-refractivity contribution in [1.82, 2.24) is 14.5 Å². The molecule has 0 radical (unpaired) electrons. The number of hydrogen-bond acceptors (Lipinski definition) is 7. The van der Waals surface area contributed by atoms with Gasteiger partial charge in [0.05, 0.1) is 12.0 Å². The normalized spacial score (nSPS) is 28.7. The summed E-state index contributed by atoms with van der Waals surface area (Å²) in [6, 6.07) is 3.69. The number of aliphatic hydroxyl groups excluding tert-OH is 2. The number of nitriles is 1. The second kappa shape index (κ2) is 4.96. The van der Waals surface area contributed by atoms with Gasteiger partial charge in [-0.15, -0.1) is 0 Å². The van der Waals surface area contributed by atoms with E-state index in [0.29, 0.717) is 11.5 Å². The summed E-state index contributed by atoms with van der Waals surface area (Å²) in [6.45, 7) is -0.558. The molecule has 0 amide bonds. The zero-order valence-electron chi connectivity index (χ0n) is 11.4. The Hall–Kier alpha value is -2.21. The first-order valence-corrected chi connectivity index (χ1v) is 6.52. The summed E-state index contributed by atoms with van der Waals surface area (Å²) in [5.74, 6) is 0.686. The second-order valence-corrected chi connectivity index (χ2v) is 4.92. The highest BCUT2D eigenvalue weighted by molar-refractivity contribution is 5.87. The van der Waals surface area contributed by atoms with E-state index in [1.54, 1.807) is 17.8 Å². The molecular formula is C13H15N5O3. The van der Waals surface area contributed by atoms with Gasteiger partial charge >= 0.3 is 0 Å². The summed E-state index contributed by atoms with van der Waals surface area (Å²) >= 11 is 0. The van der Waals surface area contributed by atoms with E-state index >= 15 is 0 Å². The van der Waals surface area contributed by atoms with Gasteiger partial charge in [0.1, 0.15) is 36.2 Å². The van der Waals surface area contributed by atoms with Crippen molar-refractivity contribution in [3.63, 3.8) is 0 Å². The molecule has 2 aromatic heterocycles. The van der Waals surface area contributed by atoms with Crippen LogP contribution in [0.1, 0.15) is 12.6 Å². The fourth-order valence-corrected chi connectivity index (χ4v) is 2.60. The SMILES string of the molecule is CNc1ncnc2c1ccn2[C@H]1C[C@H](O)[C@@](C#N)(CO)O1. The number of aliphatic hydroxyl groups is 2. The molecule has 3 N–H and O–H groups in total. The Morgan fingerprint density at radius 3 is 3.05 bits per heavy atom. The van der Waals surface area contributed by atoms with Crippen LogP contribution >= 0.6 is 0 Å². The Balaban J connectivity index is 2.02. The Bertz CT molecular complexity index is 709. The van der Waals surface area contributed by atoms with Crippen LogP contribution in [0.5, 0.6) is 0 Å². The maximum atomic E-state index is 10.0. The number of anilines is 1. The first-order chi connectivity index (χ1) is 10.1. The molecule has 3 rings (SSSR count). The molecule has 1 aliphatic heterocycles. The van der Waals surface area contributed by atoms with Gasteiger partial charge in [-0.2, -0.15) is 5.26 Å². The van der Waals surface area contributed by atoms with Crippen molar-refractivity contribution in [2.75, 3.05) is 19.0 Å². The van der Waals surface area contributed by atoms with E-state index in [1.807, 2.05) is 12.1 Å². The molecule has 110 valence electrons. The predicted octanol–water partition coefficient (Wildman–Crippen LogP) is 0.00748. The summed E-state index contributed by atoms with van der Waals surface area (Å²) in [5, 5.41) is 32.3. The van der Waals surface area contributed by atoms with Crippen LogP contribution in [0.3, 0.4) is 0 Å². The van der Waals surface area contributed by atoms with E-state index in [0.717, 1.165) is 5.39 Å². The molecule has 1 saturated heterocycles. The zero-order valence-corrected chi connectivity index (χ0v) is 11.4. The molecule has 1 aliphatic rings. The molecule has 0 aromatic carbocycles. The summed E-state index contributed by atoms with van der Waals surface area (Å²) in [4.78, 5) is 8.35. The van der Waals surface area contributed by atoms with E-state index in [2.05, 4.69) is 15.3 Å². The number of aromatic nitrogens is 3. The first kappa shape index (κ1) is 13.8. The van der Waals surface area contributed by atoms with E-state index < -0.39 is 24.5 Å². The summed E-state index contributed by atoms with van der Waals surface area (Å²) in [5.41, 5.74) is -0.946. The lowest BCUT2D eigenvalue weighted by Gasteiger charge is -2.21. The lowest BCUT2D eigenvalue weighted by molar-refractivity contribution is -0.0903. The summed E-state index contributed by atoms with van der Waals surface area (Å²) in [7, 11) is 1.77. The molecule has 1 fully saturated rings. The minimum Gasteiger partial charge on any atom is -0.392 e. The number of nitrogens with zero attached hydrogens (tertiary/aromatic N) is 4. The highest BCUT2D eigenvalue weighted by atomic mass is 16.6. The Morgan fingerprint density at radius 2 is 2.43 bits per heavy atom. The fraction of sp³-hybridized carbons (Fsp3) is 0.462. The number of fused-ring (bicyclic) bond motifs is 1. The molecule has 3 heterocycles. The highest BCUT2D eigenvalue weighted by Crippen LogP contribution is 2.38. The maximum absolute atomic E-state index is 10.0. The van der Waals surface area contributed by atoms with Crippen molar-refractivity contribution >= 4 is 16.9 Å². The third kappa shape index (κ3) is 1.94. The molecule has 2 aromatic rings. The second-order valence-electron chi connectivity index (χ2n) is 4.92. The minimum absolute atomic E-state index is 0.205. The lowest BCUT2D eigenvalue weighted by Crippen LogP contribution is -2.41. The van der Waals surface area contributed by atoms with Gasteiger partial charge in [0, 0.05) is 19.7 Å². The topological polar surface area (TPSA) is 116 Å². The van der Waals surface area contributed by atoms with Gasteiger partial charge in [0.25, 0.3) is 0 Å². The van der Waals surface area contributed by atoms with Gasteiger partial charge < -0.3 is 24.8 Å². The van der Waals surface area contributed by atoms with Crippen LogP contribution in [-0.2, 0) is 4.74 Å². The molecule has 8 heteroatoms. The highest BCUT2D eigenvalue weighted by Gasteiger charge is 2.49. The number of rotatable bonds is 3. The van der Waals surface area contributed by atoms with Crippen LogP contribution < -0.4 is 5.32 Å². The van der Waals surface area contributed by atoms with Crippen molar-refractivity contribution in [2.24, 2.45) is 0 Å². The summed E-state index contributed by atoms with van der Waals surface area (Å²) in [6.07, 6.45) is 1.78. The molecule has 0 saturated carbocycles. The standard InChI is InChI=1S/C13H15N5O3/c1-15-11-8-2-3-18(12(8)17-7-16-11)10-4-9(20)13(5-14,6-19)21-10/h2-3,7,9-10,19-20H,4,6H2,1H3,(H,15,16,17)/t9-,10+,13+/m0/s1. The van der Waals surface area contributed by atoms with Crippen molar-refractivity contribution in [3.8, 4) is 6.07 Å². The smallest absolute Gasteiger partial charge is 0.205 e. The van der Waals surface area contributed by atoms with Gasteiger partial charge in [0.2, 0.25) is 5.60 Å². The Morgan fingerprint density at radius 1 is 1.62 bits per heavy atom. The maximum Gasteiger partial charge on any atom is 0.205 e. The van der Waals surface area contributed by atoms with Crippen molar-refractivity contribution in [2.45, 2.75) is 24.4 Å². The van der Waals surface area contributed by atoms with Gasteiger partial charge in [-0.3, -0.25) is 0 Å². The van der Waals surface area contributed by atoms with Gasteiger partial charge in [-0.1, -0.05) is 0 Å². The van der Waals surface area contributed by atoms with Crippen LogP contribution in [0.25, 0.3) is 11.0 Å². The van der Waals surface area contributed by atoms with Gasteiger partial charge in [0.15, 0.2) is 0 Å². The molecule has 0 bridgehead atoms. The van der Waals surface area contributed by atoms with Crippen LogP contribution in [-0.4, -0.2) is 50.1 Å². The van der Waals surface area contributed by atoms with Gasteiger partial charge in [-0.25, -0.2) is 9.97 Å². The quantitative estimate of drug-likeness (QED) is 0.728. The molecule has 3 atom stereocenters. The molecule has 0 aliphatic carbocycles. The number of hydrogen-bond donors (Lipinski definition) is 3. The third-order valence-electron chi connectivity index (χ3n) is 3.79. The van der Waals surface area contributed by atoms with E-state index in [-0.39, 0.29) is 6.42 Å². The monoisotopic (exact) mass is 289 g/mol. The minimum atomic E-state index is -1.58. The average molecular weight is 289 g/mol. The van der Waals surface area contributed by atoms with Crippen LogP contribution in [0.2, 0.25) is 0 Å². The van der Waals surface area contributed by atoms with Crippen LogP contribution in [0.15, 0.2) is 18.6 Å². The van der Waals surface area contributed by atoms with E-state index in [1.165, 1.54) is 6.33 Å². The lowest BCUT2D eigenvalue weighted by atomic mass is 10.00. The molecular weight excluding hydrogens is 274 g/mol. The molecule has 0 unspecified atom stereocenters. The van der Waals surface area contributed by atoms with Crippen LogP contribution in [0.4, 0.5) is 5.82 Å². The third-order valence-corrected chi connectivity index (χ3v) is 3.79. The Kier molecular flexibility index (Phi) is 3.25. The van der Waals surface area contributed by atoms with E-state index in [9.17, 15) is 10.2 Å². The van der Waals surface area contributed by atoms with Crippen LogP contribution in [0, 0.1) is 11.3 Å². The van der Waals surface area contributed by atoms with Crippen molar-refractivity contribution in [3.05, 3.63) is 18.6 Å². The first-order valence-electron chi connectivity index (χ1n) is 6.52. The average Bonchev–Trinajstić information content (AvgIpc) is 3.08. The van der Waals surface area contributed by atoms with Crippen molar-refractivity contribution in [1.29, 1.82) is 5.26 Å². The number of ether oxygens (including phenoxy) is 1.